The van der Waals surface area contributed by atoms with Gasteiger partial charge in [-0.2, -0.15) is 9.78 Å². The van der Waals surface area contributed by atoms with Gasteiger partial charge in [-0.1, -0.05) is 23.2 Å². The largest absolute Gasteiger partial charge is 0.461 e. The summed E-state index contributed by atoms with van der Waals surface area (Å²) in [7, 11) is 0. The molecule has 176 valence electrons. The number of amides is 1. The number of nitrogens with zero attached hydrogens (tertiary/aromatic N) is 6. The first-order valence-corrected chi connectivity index (χ1v) is 10.8. The number of hydrogen-bond acceptors (Lipinski definition) is 9. The number of pyridine rings is 2. The monoisotopic (exact) mass is 503 g/mol. The van der Waals surface area contributed by atoms with Crippen LogP contribution in [0.2, 0.25) is 10.0 Å². The number of carbonyl (C=O) groups is 1. The summed E-state index contributed by atoms with van der Waals surface area (Å²) in [5.41, 5.74) is 0.383. The van der Waals surface area contributed by atoms with E-state index in [1.54, 1.807) is 37.4 Å². The normalized spacial score (nSPS) is 12.9. The molecular weight excluding hydrogens is 485 g/mol. The minimum absolute atomic E-state index is 0.0155. The molecule has 34 heavy (non-hydrogen) atoms. The number of hydrogen-bond donors (Lipinski definition) is 2. The van der Waals surface area contributed by atoms with Crippen molar-refractivity contribution < 1.29 is 19.4 Å². The third kappa shape index (κ3) is 5.57. The highest BCUT2D eigenvalue weighted by Crippen LogP contribution is 2.26. The standard InChI is InChI=1S/C21H19Cl2N7O4/c1-12(31)9-33-10-16(20(32)29-17-5-4-13(22)7-25-17)34-21-14-8-28-30(18(14)26-11-27-21)19-15(23)3-2-6-24-19/h2-8,11-12,16,31H,9-10H2,1H3,(H,25,29,32)/t12-,16?/m1/s1. The Morgan fingerprint density at radius 2 is 2.00 bits per heavy atom. The molecular formula is C21H19Cl2N7O4. The van der Waals surface area contributed by atoms with E-state index in [0.717, 1.165) is 0 Å². The van der Waals surface area contributed by atoms with Gasteiger partial charge in [0.05, 0.1) is 35.6 Å². The lowest BCUT2D eigenvalue weighted by Gasteiger charge is -2.19. The molecule has 0 spiro atoms. The maximum absolute atomic E-state index is 12.9. The van der Waals surface area contributed by atoms with Gasteiger partial charge in [0.25, 0.3) is 5.91 Å². The van der Waals surface area contributed by atoms with Gasteiger partial charge in [-0.25, -0.2) is 19.9 Å². The van der Waals surface area contributed by atoms with Crippen LogP contribution in [-0.4, -0.2) is 66.2 Å². The maximum atomic E-state index is 12.9. The first-order chi connectivity index (χ1) is 16.4. The Bertz CT molecular complexity index is 1280. The zero-order valence-electron chi connectivity index (χ0n) is 17.8. The van der Waals surface area contributed by atoms with Gasteiger partial charge < -0.3 is 19.9 Å². The molecule has 4 rings (SSSR count). The van der Waals surface area contributed by atoms with E-state index in [0.29, 0.717) is 26.9 Å². The fourth-order valence-corrected chi connectivity index (χ4v) is 3.22. The summed E-state index contributed by atoms with van der Waals surface area (Å²) in [5, 5.41) is 17.7. The molecule has 0 fully saturated rings. The second kappa shape index (κ2) is 10.7. The Kier molecular flexibility index (Phi) is 7.48. The second-order valence-electron chi connectivity index (χ2n) is 7.13. The number of aliphatic hydroxyl groups excluding tert-OH is 1. The summed E-state index contributed by atoms with van der Waals surface area (Å²) in [6.07, 6.45) is 3.91. The molecule has 0 aromatic carbocycles. The molecule has 2 atom stereocenters. The Balaban J connectivity index is 1.61. The van der Waals surface area contributed by atoms with E-state index >= 15 is 0 Å². The van der Waals surface area contributed by atoms with Gasteiger partial charge >= 0.3 is 0 Å². The fourth-order valence-electron chi connectivity index (χ4n) is 2.90. The highest BCUT2D eigenvalue weighted by atomic mass is 35.5. The average Bonchev–Trinajstić information content (AvgIpc) is 3.25. The van der Waals surface area contributed by atoms with Crippen LogP contribution in [-0.2, 0) is 9.53 Å². The Hall–Kier alpha value is -3.38. The summed E-state index contributed by atoms with van der Waals surface area (Å²) in [5.74, 6) is 0.233. The first kappa shape index (κ1) is 23.8. The van der Waals surface area contributed by atoms with Gasteiger partial charge in [0, 0.05) is 12.4 Å². The molecule has 0 saturated heterocycles. The van der Waals surface area contributed by atoms with Crippen LogP contribution in [0.5, 0.6) is 5.88 Å². The van der Waals surface area contributed by atoms with E-state index in [4.69, 9.17) is 32.7 Å². The summed E-state index contributed by atoms with van der Waals surface area (Å²) in [4.78, 5) is 29.7. The minimum Gasteiger partial charge on any atom is -0.461 e. The van der Waals surface area contributed by atoms with Crippen LogP contribution in [0, 0.1) is 0 Å². The Morgan fingerprint density at radius 3 is 2.74 bits per heavy atom. The van der Waals surface area contributed by atoms with Crippen molar-refractivity contribution >= 4 is 46.0 Å². The topological polar surface area (TPSA) is 137 Å². The van der Waals surface area contributed by atoms with Crippen LogP contribution in [0.25, 0.3) is 16.9 Å². The average molecular weight is 504 g/mol. The van der Waals surface area contributed by atoms with Gasteiger partial charge in [0.2, 0.25) is 12.0 Å². The number of anilines is 1. The molecule has 0 aliphatic carbocycles. The lowest BCUT2D eigenvalue weighted by atomic mass is 10.3. The second-order valence-corrected chi connectivity index (χ2v) is 7.97. The van der Waals surface area contributed by atoms with Crippen LogP contribution >= 0.6 is 23.2 Å². The van der Waals surface area contributed by atoms with Crippen molar-refractivity contribution in [3.8, 4) is 11.7 Å². The van der Waals surface area contributed by atoms with Crippen molar-refractivity contribution in [1.82, 2.24) is 29.7 Å². The number of ether oxygens (including phenoxy) is 2. The van der Waals surface area contributed by atoms with Crippen molar-refractivity contribution in [1.29, 1.82) is 0 Å². The lowest BCUT2D eigenvalue weighted by Crippen LogP contribution is -2.38. The number of carbonyl (C=O) groups excluding carboxylic acids is 1. The van der Waals surface area contributed by atoms with Crippen molar-refractivity contribution in [2.45, 2.75) is 19.1 Å². The molecule has 0 aliphatic heterocycles. The zero-order valence-corrected chi connectivity index (χ0v) is 19.3. The number of rotatable bonds is 9. The molecule has 0 radical (unpaired) electrons. The molecule has 1 unspecified atom stereocenters. The Labute approximate surface area is 203 Å². The summed E-state index contributed by atoms with van der Waals surface area (Å²) < 4.78 is 12.8. The lowest BCUT2D eigenvalue weighted by molar-refractivity contribution is -0.126. The number of fused-ring (bicyclic) bond motifs is 1. The van der Waals surface area contributed by atoms with E-state index in [2.05, 4.69) is 30.4 Å². The third-order valence-corrected chi connectivity index (χ3v) is 4.94. The molecule has 13 heteroatoms. The number of aliphatic hydroxyl groups is 1. The molecule has 0 bridgehead atoms. The van der Waals surface area contributed by atoms with Gasteiger partial charge in [0.15, 0.2) is 11.5 Å². The summed E-state index contributed by atoms with van der Waals surface area (Å²) >= 11 is 12.1. The first-order valence-electron chi connectivity index (χ1n) is 10.1. The van der Waals surface area contributed by atoms with Gasteiger partial charge in [0.1, 0.15) is 17.5 Å². The number of nitrogens with one attached hydrogen (secondary N) is 1. The predicted molar refractivity (Wildman–Crippen MR) is 124 cm³/mol. The molecule has 1 amide bonds. The van der Waals surface area contributed by atoms with Gasteiger partial charge in [-0.05, 0) is 31.2 Å². The minimum atomic E-state index is -1.13. The van der Waals surface area contributed by atoms with Crippen molar-refractivity contribution in [3.63, 3.8) is 0 Å². The van der Waals surface area contributed by atoms with Crippen LogP contribution in [0.3, 0.4) is 0 Å². The molecule has 2 N–H and O–H groups in total. The fraction of sp³-hybridized carbons (Fsp3) is 0.238. The summed E-state index contributed by atoms with van der Waals surface area (Å²) in [6, 6.07) is 6.53. The van der Waals surface area contributed by atoms with Crippen molar-refractivity contribution in [2.75, 3.05) is 18.5 Å². The predicted octanol–water partition coefficient (Wildman–Crippen LogP) is 2.70. The zero-order chi connectivity index (χ0) is 24.1. The summed E-state index contributed by atoms with van der Waals surface area (Å²) in [6.45, 7) is 1.43. The smallest absolute Gasteiger partial charge is 0.269 e. The molecule has 4 heterocycles. The van der Waals surface area contributed by atoms with E-state index in [-0.39, 0.29) is 24.9 Å². The molecule has 0 saturated carbocycles. The number of aromatic nitrogens is 6. The van der Waals surface area contributed by atoms with Crippen LogP contribution in [0.4, 0.5) is 5.82 Å². The van der Waals surface area contributed by atoms with Crippen LogP contribution in [0.15, 0.2) is 49.2 Å². The van der Waals surface area contributed by atoms with E-state index in [9.17, 15) is 9.90 Å². The highest BCUT2D eigenvalue weighted by Gasteiger charge is 2.25. The van der Waals surface area contributed by atoms with Crippen LogP contribution < -0.4 is 10.1 Å². The van der Waals surface area contributed by atoms with Gasteiger partial charge in [-0.3, -0.25) is 4.79 Å². The van der Waals surface area contributed by atoms with E-state index in [1.807, 2.05) is 0 Å². The van der Waals surface area contributed by atoms with Gasteiger partial charge in [-0.15, -0.1) is 0 Å². The van der Waals surface area contributed by atoms with Crippen LogP contribution in [0.1, 0.15) is 6.92 Å². The molecule has 0 aliphatic rings. The molecule has 4 aromatic heterocycles. The third-order valence-electron chi connectivity index (χ3n) is 4.42. The quantitative estimate of drug-likeness (QED) is 0.352. The maximum Gasteiger partial charge on any atom is 0.269 e. The molecule has 4 aromatic rings. The Morgan fingerprint density at radius 1 is 1.15 bits per heavy atom. The number of halogens is 2. The van der Waals surface area contributed by atoms with E-state index < -0.39 is 18.1 Å². The van der Waals surface area contributed by atoms with E-state index in [1.165, 1.54) is 23.4 Å². The van der Waals surface area contributed by atoms with Crippen molar-refractivity contribution in [3.05, 3.63) is 59.2 Å². The SMILES string of the molecule is C[C@@H](O)COCC(Oc1ncnc2c1cnn2-c1ncccc1Cl)C(=O)Nc1ccc(Cl)cn1. The highest BCUT2D eigenvalue weighted by molar-refractivity contribution is 6.32. The molecule has 11 nitrogen and oxygen atoms in total. The van der Waals surface area contributed by atoms with Crippen molar-refractivity contribution in [2.24, 2.45) is 0 Å².